The molecule has 6 heteroatoms. The lowest BCUT2D eigenvalue weighted by Crippen LogP contribution is -2.41. The molecule has 1 saturated heterocycles. The lowest BCUT2D eigenvalue weighted by atomic mass is 10.2. The number of carbonyl (C=O) groups is 1. The molecule has 1 N–H and O–H groups in total. The number of fused-ring (bicyclic) bond motifs is 1. The van der Waals surface area contributed by atoms with Crippen LogP contribution in [0.1, 0.15) is 76.0 Å². The van der Waals surface area contributed by atoms with E-state index in [4.69, 9.17) is 0 Å². The number of hydrogen-bond donors (Lipinski definition) is 1. The maximum atomic E-state index is 12.7. The van der Waals surface area contributed by atoms with Crippen molar-refractivity contribution in [3.63, 3.8) is 0 Å². The van der Waals surface area contributed by atoms with E-state index in [0.29, 0.717) is 12.0 Å². The highest BCUT2D eigenvalue weighted by Gasteiger charge is 2.40. The monoisotopic (exact) mass is 331 g/mol. The molecule has 3 heterocycles. The molecule has 3 atom stereocenters. The summed E-state index contributed by atoms with van der Waals surface area (Å²) in [5.74, 6) is 2.82. The number of nitrogens with zero attached hydrogens (tertiary/aromatic N) is 4. The standard InChI is InChI=1S/C18H29N5O/c1-2-7-13-12-14(13)19-18(24)22-11-6-8-15(22)17-21-20-16-9-4-3-5-10-23(16)17/h13-15H,2-12H2,1H3,(H,19,24)/t13-,14+,15+/m1/s1. The Labute approximate surface area is 144 Å². The molecular weight excluding hydrogens is 302 g/mol. The van der Waals surface area contributed by atoms with E-state index < -0.39 is 0 Å². The molecule has 1 saturated carbocycles. The highest BCUT2D eigenvalue weighted by Crippen LogP contribution is 2.36. The molecule has 1 aliphatic carbocycles. The topological polar surface area (TPSA) is 63.1 Å². The van der Waals surface area contributed by atoms with Crippen molar-refractivity contribution in [1.29, 1.82) is 0 Å². The Bertz CT molecular complexity index is 598. The average molecular weight is 331 g/mol. The summed E-state index contributed by atoms with van der Waals surface area (Å²) in [7, 11) is 0. The molecule has 132 valence electrons. The second-order valence-corrected chi connectivity index (χ2v) is 7.63. The van der Waals surface area contributed by atoms with Crippen LogP contribution in [0.2, 0.25) is 0 Å². The lowest BCUT2D eigenvalue weighted by molar-refractivity contribution is 0.188. The lowest BCUT2D eigenvalue weighted by Gasteiger charge is -2.25. The van der Waals surface area contributed by atoms with Gasteiger partial charge in [0.25, 0.3) is 0 Å². The summed E-state index contributed by atoms with van der Waals surface area (Å²) >= 11 is 0. The number of carbonyl (C=O) groups excluding carboxylic acids is 1. The molecule has 0 radical (unpaired) electrons. The predicted octanol–water partition coefficient (Wildman–Crippen LogP) is 3.04. The van der Waals surface area contributed by atoms with Crippen molar-refractivity contribution < 1.29 is 4.79 Å². The third-order valence-corrected chi connectivity index (χ3v) is 5.84. The van der Waals surface area contributed by atoms with Gasteiger partial charge in [0.05, 0.1) is 6.04 Å². The van der Waals surface area contributed by atoms with E-state index in [1.165, 1.54) is 32.1 Å². The van der Waals surface area contributed by atoms with Gasteiger partial charge >= 0.3 is 6.03 Å². The largest absolute Gasteiger partial charge is 0.335 e. The van der Waals surface area contributed by atoms with Crippen LogP contribution >= 0.6 is 0 Å². The van der Waals surface area contributed by atoms with Crippen molar-refractivity contribution in [2.24, 2.45) is 5.92 Å². The van der Waals surface area contributed by atoms with Crippen LogP contribution in [0.15, 0.2) is 0 Å². The van der Waals surface area contributed by atoms with Gasteiger partial charge in [0.15, 0.2) is 5.82 Å². The third-order valence-electron chi connectivity index (χ3n) is 5.84. The zero-order valence-corrected chi connectivity index (χ0v) is 14.7. The number of likely N-dealkylation sites (tertiary alicyclic amines) is 1. The van der Waals surface area contributed by atoms with Crippen LogP contribution in [0.3, 0.4) is 0 Å². The van der Waals surface area contributed by atoms with E-state index in [1.807, 2.05) is 4.90 Å². The van der Waals surface area contributed by atoms with Gasteiger partial charge in [-0.3, -0.25) is 0 Å². The Balaban J connectivity index is 1.45. The summed E-state index contributed by atoms with van der Waals surface area (Å²) in [6.45, 7) is 4.05. The van der Waals surface area contributed by atoms with E-state index in [0.717, 1.165) is 50.4 Å². The number of urea groups is 1. The second-order valence-electron chi connectivity index (χ2n) is 7.63. The number of aromatic nitrogens is 3. The second kappa shape index (κ2) is 6.73. The van der Waals surface area contributed by atoms with E-state index in [9.17, 15) is 4.79 Å². The first kappa shape index (κ1) is 15.9. The van der Waals surface area contributed by atoms with Crippen LogP contribution in [0.4, 0.5) is 4.79 Å². The van der Waals surface area contributed by atoms with Crippen LogP contribution in [0.5, 0.6) is 0 Å². The molecule has 2 fully saturated rings. The summed E-state index contributed by atoms with van der Waals surface area (Å²) in [6, 6.07) is 0.606. The fourth-order valence-corrected chi connectivity index (χ4v) is 4.39. The van der Waals surface area contributed by atoms with E-state index in [2.05, 4.69) is 27.0 Å². The molecule has 24 heavy (non-hydrogen) atoms. The van der Waals surface area contributed by atoms with E-state index in [1.54, 1.807) is 0 Å². The highest BCUT2D eigenvalue weighted by molar-refractivity contribution is 5.75. The average Bonchev–Trinajstić information content (AvgIpc) is 3.02. The van der Waals surface area contributed by atoms with Crippen molar-refractivity contribution in [2.45, 2.75) is 83.3 Å². The molecule has 4 rings (SSSR count). The summed E-state index contributed by atoms with van der Waals surface area (Å²) < 4.78 is 2.29. The molecule has 1 aromatic heterocycles. The molecule has 0 bridgehead atoms. The van der Waals surface area contributed by atoms with Crippen molar-refractivity contribution in [2.75, 3.05) is 6.54 Å². The van der Waals surface area contributed by atoms with Crippen molar-refractivity contribution >= 4 is 6.03 Å². The number of nitrogens with one attached hydrogen (secondary N) is 1. The molecule has 0 aromatic carbocycles. The first-order chi connectivity index (χ1) is 11.8. The number of aryl methyl sites for hydroxylation is 1. The van der Waals surface area contributed by atoms with Gasteiger partial charge < -0.3 is 14.8 Å². The zero-order valence-electron chi connectivity index (χ0n) is 14.7. The van der Waals surface area contributed by atoms with Crippen LogP contribution in [0, 0.1) is 5.92 Å². The van der Waals surface area contributed by atoms with E-state index in [-0.39, 0.29) is 12.1 Å². The maximum Gasteiger partial charge on any atom is 0.318 e. The maximum absolute atomic E-state index is 12.7. The fraction of sp³-hybridized carbons (Fsp3) is 0.833. The molecular formula is C18H29N5O. The van der Waals surface area contributed by atoms with Crippen LogP contribution in [-0.2, 0) is 13.0 Å². The number of rotatable bonds is 4. The van der Waals surface area contributed by atoms with Gasteiger partial charge in [0, 0.05) is 25.6 Å². The van der Waals surface area contributed by atoms with Crippen molar-refractivity contribution in [1.82, 2.24) is 25.0 Å². The molecule has 3 aliphatic rings. The van der Waals surface area contributed by atoms with E-state index >= 15 is 0 Å². The minimum absolute atomic E-state index is 0.104. The molecule has 0 unspecified atom stereocenters. The van der Waals surface area contributed by atoms with Gasteiger partial charge in [-0.1, -0.05) is 19.8 Å². The van der Waals surface area contributed by atoms with Crippen LogP contribution < -0.4 is 5.32 Å². The Morgan fingerprint density at radius 2 is 2.12 bits per heavy atom. The van der Waals surface area contributed by atoms with Gasteiger partial charge in [0.2, 0.25) is 0 Å². The van der Waals surface area contributed by atoms with Crippen molar-refractivity contribution in [3.05, 3.63) is 11.6 Å². The van der Waals surface area contributed by atoms with Gasteiger partial charge in [-0.2, -0.15) is 0 Å². The Kier molecular flexibility index (Phi) is 4.46. The number of hydrogen-bond acceptors (Lipinski definition) is 3. The molecule has 0 spiro atoms. The normalized spacial score (nSPS) is 29.2. The Morgan fingerprint density at radius 1 is 1.21 bits per heavy atom. The van der Waals surface area contributed by atoms with Gasteiger partial charge in [0.1, 0.15) is 5.82 Å². The van der Waals surface area contributed by atoms with Gasteiger partial charge in [-0.15, -0.1) is 10.2 Å². The summed E-state index contributed by atoms with van der Waals surface area (Å²) in [6.07, 6.45) is 10.3. The van der Waals surface area contributed by atoms with Crippen molar-refractivity contribution in [3.8, 4) is 0 Å². The number of amides is 2. The smallest absolute Gasteiger partial charge is 0.318 e. The minimum Gasteiger partial charge on any atom is -0.335 e. The predicted molar refractivity (Wildman–Crippen MR) is 91.6 cm³/mol. The SMILES string of the molecule is CCC[C@@H]1C[C@@H]1NC(=O)N1CCC[C@H]1c1nnc2n1CCCCC2. The van der Waals surface area contributed by atoms with Gasteiger partial charge in [-0.05, 0) is 44.4 Å². The minimum atomic E-state index is 0.104. The molecule has 2 aliphatic heterocycles. The first-order valence-corrected chi connectivity index (χ1v) is 9.77. The van der Waals surface area contributed by atoms with Gasteiger partial charge in [-0.25, -0.2) is 4.79 Å². The fourth-order valence-electron chi connectivity index (χ4n) is 4.39. The van der Waals surface area contributed by atoms with Crippen LogP contribution in [0.25, 0.3) is 0 Å². The zero-order chi connectivity index (χ0) is 16.5. The third kappa shape index (κ3) is 3.03. The summed E-state index contributed by atoms with van der Waals surface area (Å²) in [5, 5.41) is 12.1. The Hall–Kier alpha value is -1.59. The first-order valence-electron chi connectivity index (χ1n) is 9.77. The summed E-state index contributed by atoms with van der Waals surface area (Å²) in [5.41, 5.74) is 0. The molecule has 6 nitrogen and oxygen atoms in total. The summed E-state index contributed by atoms with van der Waals surface area (Å²) in [4.78, 5) is 14.7. The highest BCUT2D eigenvalue weighted by atomic mass is 16.2. The quantitative estimate of drug-likeness (QED) is 0.922. The molecule has 1 aromatic rings. The Morgan fingerprint density at radius 3 is 3.00 bits per heavy atom. The van der Waals surface area contributed by atoms with Crippen LogP contribution in [-0.4, -0.2) is 38.3 Å². The molecule has 2 amide bonds.